The average molecular weight is 332 g/mol. The first-order valence-electron chi connectivity index (χ1n) is 8.35. The number of carbonyl (C=O) groups excluding carboxylic acids is 2. The highest BCUT2D eigenvalue weighted by Crippen LogP contribution is 2.24. The highest BCUT2D eigenvalue weighted by molar-refractivity contribution is 5.91. The Balaban J connectivity index is 2.06. The Labute approximate surface area is 141 Å². The second-order valence-corrected chi connectivity index (χ2v) is 6.11. The van der Waals surface area contributed by atoms with Gasteiger partial charge < -0.3 is 15.3 Å². The van der Waals surface area contributed by atoms with Gasteiger partial charge in [-0.25, -0.2) is 4.79 Å². The summed E-state index contributed by atoms with van der Waals surface area (Å²) in [6.07, 6.45) is 1.83. The van der Waals surface area contributed by atoms with Crippen LogP contribution in [0.15, 0.2) is 30.3 Å². The number of carboxylic acids is 1. The minimum Gasteiger partial charge on any atom is -0.479 e. The number of hydrogen-bond acceptors (Lipinski definition) is 3. The summed E-state index contributed by atoms with van der Waals surface area (Å²) in [7, 11) is 0. The minimum absolute atomic E-state index is 0.0320. The van der Waals surface area contributed by atoms with Gasteiger partial charge in [-0.05, 0) is 18.4 Å². The van der Waals surface area contributed by atoms with Crippen molar-refractivity contribution >= 4 is 17.8 Å². The van der Waals surface area contributed by atoms with Crippen LogP contribution in [0.1, 0.15) is 44.7 Å². The summed E-state index contributed by atoms with van der Waals surface area (Å²) in [6.45, 7) is 4.40. The molecule has 2 atom stereocenters. The zero-order valence-corrected chi connectivity index (χ0v) is 14.1. The van der Waals surface area contributed by atoms with Gasteiger partial charge in [-0.1, -0.05) is 44.2 Å². The second kappa shape index (κ2) is 7.95. The lowest BCUT2D eigenvalue weighted by atomic mass is 10.0. The topological polar surface area (TPSA) is 86.7 Å². The molecule has 6 heteroatoms. The maximum atomic E-state index is 12.5. The van der Waals surface area contributed by atoms with Crippen molar-refractivity contribution in [3.05, 3.63) is 35.9 Å². The van der Waals surface area contributed by atoms with Gasteiger partial charge in [0.15, 0.2) is 6.04 Å². The van der Waals surface area contributed by atoms with E-state index in [0.29, 0.717) is 12.1 Å². The molecule has 2 rings (SSSR count). The van der Waals surface area contributed by atoms with Gasteiger partial charge in [0.1, 0.15) is 0 Å². The third-order valence-corrected chi connectivity index (χ3v) is 4.58. The summed E-state index contributed by atoms with van der Waals surface area (Å²) in [5, 5.41) is 12.0. The first-order valence-corrected chi connectivity index (χ1v) is 8.35. The smallest absolute Gasteiger partial charge is 0.330 e. The van der Waals surface area contributed by atoms with Crippen LogP contribution in [-0.2, 0) is 14.4 Å². The van der Waals surface area contributed by atoms with Crippen molar-refractivity contribution in [2.75, 3.05) is 6.54 Å². The van der Waals surface area contributed by atoms with Crippen LogP contribution in [0.3, 0.4) is 0 Å². The first kappa shape index (κ1) is 18.0. The lowest BCUT2D eigenvalue weighted by Gasteiger charge is -2.26. The predicted molar refractivity (Wildman–Crippen MR) is 89.2 cm³/mol. The highest BCUT2D eigenvalue weighted by Gasteiger charge is 2.38. The quantitative estimate of drug-likeness (QED) is 0.799. The molecule has 0 radical (unpaired) electrons. The first-order chi connectivity index (χ1) is 11.5. The summed E-state index contributed by atoms with van der Waals surface area (Å²) in [6, 6.07) is 7.60. The SMILES string of the molecule is CCC(CC)N1CC(C(=O)N[C@@H](C(=O)O)c2ccccc2)CC1=O. The minimum atomic E-state index is -1.12. The highest BCUT2D eigenvalue weighted by atomic mass is 16.4. The number of aliphatic carboxylic acids is 1. The van der Waals surface area contributed by atoms with Crippen LogP contribution in [0, 0.1) is 5.92 Å². The monoisotopic (exact) mass is 332 g/mol. The fourth-order valence-corrected chi connectivity index (χ4v) is 3.18. The van der Waals surface area contributed by atoms with Gasteiger partial charge in [0.2, 0.25) is 11.8 Å². The van der Waals surface area contributed by atoms with Gasteiger partial charge in [0.25, 0.3) is 0 Å². The van der Waals surface area contributed by atoms with Gasteiger partial charge >= 0.3 is 5.97 Å². The van der Waals surface area contributed by atoms with E-state index in [1.54, 1.807) is 35.2 Å². The van der Waals surface area contributed by atoms with E-state index in [9.17, 15) is 19.5 Å². The number of carboxylic acid groups (broad SMARTS) is 1. The molecule has 2 N–H and O–H groups in total. The van der Waals surface area contributed by atoms with Gasteiger partial charge in [-0.15, -0.1) is 0 Å². The molecule has 1 aliphatic rings. The normalized spacial score (nSPS) is 18.7. The summed E-state index contributed by atoms with van der Waals surface area (Å²) >= 11 is 0. The predicted octanol–water partition coefficient (Wildman–Crippen LogP) is 1.97. The molecule has 0 aromatic heterocycles. The Bertz CT molecular complexity index is 598. The lowest BCUT2D eigenvalue weighted by Crippen LogP contribution is -2.40. The number of benzene rings is 1. The molecule has 24 heavy (non-hydrogen) atoms. The number of nitrogens with zero attached hydrogens (tertiary/aromatic N) is 1. The molecule has 1 aromatic carbocycles. The third kappa shape index (κ3) is 3.93. The molecule has 6 nitrogen and oxygen atoms in total. The lowest BCUT2D eigenvalue weighted by molar-refractivity contribution is -0.142. The van der Waals surface area contributed by atoms with Gasteiger partial charge in [-0.3, -0.25) is 9.59 Å². The van der Waals surface area contributed by atoms with E-state index in [1.807, 2.05) is 13.8 Å². The van der Waals surface area contributed by atoms with E-state index in [2.05, 4.69) is 5.32 Å². The Morgan fingerprint density at radius 3 is 2.42 bits per heavy atom. The van der Waals surface area contributed by atoms with Crippen LogP contribution in [0.25, 0.3) is 0 Å². The molecule has 1 fully saturated rings. The Morgan fingerprint density at radius 2 is 1.88 bits per heavy atom. The summed E-state index contributed by atoms with van der Waals surface area (Å²) < 4.78 is 0. The van der Waals surface area contributed by atoms with Gasteiger partial charge in [0, 0.05) is 19.0 Å². The Morgan fingerprint density at radius 1 is 1.25 bits per heavy atom. The number of hydrogen-bond donors (Lipinski definition) is 2. The number of nitrogens with one attached hydrogen (secondary N) is 1. The van der Waals surface area contributed by atoms with Crippen LogP contribution in [0.4, 0.5) is 0 Å². The zero-order valence-electron chi connectivity index (χ0n) is 14.1. The molecule has 0 bridgehead atoms. The van der Waals surface area contributed by atoms with Crippen molar-refractivity contribution in [2.24, 2.45) is 5.92 Å². The van der Waals surface area contributed by atoms with E-state index in [1.165, 1.54) is 0 Å². The van der Waals surface area contributed by atoms with Crippen LogP contribution in [-0.4, -0.2) is 40.4 Å². The largest absolute Gasteiger partial charge is 0.479 e. The third-order valence-electron chi connectivity index (χ3n) is 4.58. The molecule has 130 valence electrons. The molecular weight excluding hydrogens is 308 g/mol. The van der Waals surface area contributed by atoms with E-state index in [0.717, 1.165) is 12.8 Å². The number of rotatable bonds is 7. The summed E-state index contributed by atoms with van der Waals surface area (Å²) in [5.74, 6) is -2.03. The van der Waals surface area contributed by atoms with E-state index >= 15 is 0 Å². The number of carbonyl (C=O) groups is 3. The van der Waals surface area contributed by atoms with E-state index < -0.39 is 17.9 Å². The fourth-order valence-electron chi connectivity index (χ4n) is 3.18. The maximum Gasteiger partial charge on any atom is 0.330 e. The molecule has 0 spiro atoms. The van der Waals surface area contributed by atoms with Crippen molar-refractivity contribution in [3.8, 4) is 0 Å². The summed E-state index contributed by atoms with van der Waals surface area (Å²) in [4.78, 5) is 37.9. The molecule has 0 saturated carbocycles. The maximum absolute atomic E-state index is 12.5. The molecule has 1 heterocycles. The number of amides is 2. The average Bonchev–Trinajstić information content (AvgIpc) is 2.96. The molecule has 1 unspecified atom stereocenters. The van der Waals surface area contributed by atoms with Crippen molar-refractivity contribution < 1.29 is 19.5 Å². The van der Waals surface area contributed by atoms with Crippen molar-refractivity contribution in [2.45, 2.75) is 45.2 Å². The Hall–Kier alpha value is -2.37. The second-order valence-electron chi connectivity index (χ2n) is 6.11. The molecule has 2 amide bonds. The fraction of sp³-hybridized carbons (Fsp3) is 0.500. The van der Waals surface area contributed by atoms with Crippen LogP contribution in [0.2, 0.25) is 0 Å². The standard InChI is InChI=1S/C18H24N2O4/c1-3-14(4-2)20-11-13(10-15(20)21)17(22)19-16(18(23)24)12-8-6-5-7-9-12/h5-9,13-14,16H,3-4,10-11H2,1-2H3,(H,19,22)(H,23,24)/t13?,16-/m1/s1. The van der Waals surface area contributed by atoms with Gasteiger partial charge in [0.05, 0.1) is 5.92 Å². The van der Waals surface area contributed by atoms with Crippen molar-refractivity contribution in [1.29, 1.82) is 0 Å². The molecule has 0 aliphatic carbocycles. The van der Waals surface area contributed by atoms with Crippen LogP contribution < -0.4 is 5.32 Å². The van der Waals surface area contributed by atoms with Crippen molar-refractivity contribution in [3.63, 3.8) is 0 Å². The molecule has 1 aromatic rings. The Kier molecular flexibility index (Phi) is 5.95. The molecule has 1 saturated heterocycles. The molecule has 1 aliphatic heterocycles. The van der Waals surface area contributed by atoms with Crippen molar-refractivity contribution in [1.82, 2.24) is 10.2 Å². The van der Waals surface area contributed by atoms with Gasteiger partial charge in [-0.2, -0.15) is 0 Å². The molecular formula is C18H24N2O4. The zero-order chi connectivity index (χ0) is 17.7. The van der Waals surface area contributed by atoms with E-state index in [-0.39, 0.29) is 24.3 Å². The number of likely N-dealkylation sites (tertiary alicyclic amines) is 1. The van der Waals surface area contributed by atoms with E-state index in [4.69, 9.17) is 0 Å². The summed E-state index contributed by atoms with van der Waals surface area (Å²) in [5.41, 5.74) is 0.513. The van der Waals surface area contributed by atoms with Crippen LogP contribution in [0.5, 0.6) is 0 Å². The van der Waals surface area contributed by atoms with Crippen LogP contribution >= 0.6 is 0 Å².